The van der Waals surface area contributed by atoms with Gasteiger partial charge in [-0.15, -0.1) is 0 Å². The van der Waals surface area contributed by atoms with E-state index in [-0.39, 0.29) is 31.4 Å². The molecule has 194 valence electrons. The van der Waals surface area contributed by atoms with Crippen LogP contribution in [0.3, 0.4) is 0 Å². The number of hydrogen-bond acceptors (Lipinski definition) is 10. The van der Waals surface area contributed by atoms with Crippen molar-refractivity contribution in [2.45, 2.75) is 25.8 Å². The van der Waals surface area contributed by atoms with Gasteiger partial charge in [0, 0.05) is 64.9 Å². The van der Waals surface area contributed by atoms with Crippen LogP contribution in [0.25, 0.3) is 0 Å². The Balaban J connectivity index is 3.79. The third-order valence-corrected chi connectivity index (χ3v) is 8.68. The fraction of sp³-hybridized carbons (Fsp3) is 0.824. The van der Waals surface area contributed by atoms with E-state index in [2.05, 4.69) is 20.7 Å². The van der Waals surface area contributed by atoms with E-state index in [1.807, 2.05) is 0 Å². The summed E-state index contributed by atoms with van der Waals surface area (Å²) < 4.78 is 50.0. The van der Waals surface area contributed by atoms with Crippen LogP contribution in [0.5, 0.6) is 0 Å². The van der Waals surface area contributed by atoms with Crippen LogP contribution < -0.4 is 16.0 Å². The van der Waals surface area contributed by atoms with Gasteiger partial charge in [0.2, 0.25) is 11.8 Å². The molecule has 0 aromatic rings. The molecule has 0 saturated carbocycles. The number of carbonyl (C=O) groups excluding carboxylic acids is 3. The molecule has 0 aliphatic rings. The average molecular weight is 534 g/mol. The highest BCUT2D eigenvalue weighted by Gasteiger charge is 2.36. The highest BCUT2D eigenvalue weighted by atomic mass is 32.2. The maximum Gasteiger partial charge on any atom is 0.500 e. The first kappa shape index (κ1) is 31.6. The van der Waals surface area contributed by atoms with E-state index in [9.17, 15) is 22.8 Å². The lowest BCUT2D eigenvalue weighted by Crippen LogP contribution is -2.44. The molecule has 4 N–H and O–H groups in total. The molecule has 16 heteroatoms. The molecule has 0 aromatic heterocycles. The molecule has 0 rings (SSSR count). The summed E-state index contributed by atoms with van der Waals surface area (Å²) >= 11 is 1.34. The van der Waals surface area contributed by atoms with Crippen LogP contribution in [-0.2, 0) is 37.7 Å². The molecule has 0 radical (unpaired) electrons. The van der Waals surface area contributed by atoms with E-state index in [1.54, 1.807) is 6.92 Å². The first-order chi connectivity index (χ1) is 15.5. The van der Waals surface area contributed by atoms with Crippen molar-refractivity contribution < 1.29 is 45.4 Å². The first-order valence-corrected chi connectivity index (χ1v) is 14.8. The predicted octanol–water partition coefficient (Wildman–Crippen LogP) is -0.182. The Hall–Kier alpha value is -1.43. The Kier molecular flexibility index (Phi) is 16.3. The molecule has 1 unspecified atom stereocenters. The lowest BCUT2D eigenvalue weighted by atomic mass is 10.2. The van der Waals surface area contributed by atoms with E-state index < -0.39 is 36.7 Å². The quantitative estimate of drug-likeness (QED) is 0.0794. The third-order valence-electron chi connectivity index (χ3n) is 4.20. The minimum atomic E-state index is -4.37. The van der Waals surface area contributed by atoms with Crippen LogP contribution in [0, 0.1) is 5.92 Å². The Labute approximate surface area is 200 Å². The summed E-state index contributed by atoms with van der Waals surface area (Å²) in [5, 5.41) is 8.00. The lowest BCUT2D eigenvalue weighted by Gasteiger charge is -2.24. The van der Waals surface area contributed by atoms with E-state index >= 15 is 0 Å². The Bertz CT molecular complexity index is 699. The number of esters is 1. The maximum atomic E-state index is 11.8. The average Bonchev–Trinajstić information content (AvgIpc) is 2.78. The van der Waals surface area contributed by atoms with Crippen LogP contribution in [0.4, 0.5) is 4.79 Å². The highest BCUT2D eigenvalue weighted by molar-refractivity contribution is 7.99. The zero-order valence-electron chi connectivity index (χ0n) is 19.4. The van der Waals surface area contributed by atoms with Crippen LogP contribution in [0.1, 0.15) is 19.8 Å². The monoisotopic (exact) mass is 533 g/mol. The minimum Gasteiger partial charge on any atom is -0.446 e. The normalized spacial score (nSPS) is 12.6. The summed E-state index contributed by atoms with van der Waals surface area (Å²) in [5.41, 5.74) is 0. The molecule has 0 heterocycles. The smallest absolute Gasteiger partial charge is 0.446 e. The highest BCUT2D eigenvalue weighted by Crippen LogP contribution is 2.14. The summed E-state index contributed by atoms with van der Waals surface area (Å²) in [6.07, 6.45) is 0.841. The zero-order valence-corrected chi connectivity index (χ0v) is 22.0. The number of urea groups is 1. The number of hydrogen-bond donors (Lipinski definition) is 4. The van der Waals surface area contributed by atoms with Crippen molar-refractivity contribution in [3.63, 3.8) is 0 Å². The molecule has 0 saturated heterocycles. The third kappa shape index (κ3) is 15.9. The predicted molar refractivity (Wildman–Crippen MR) is 124 cm³/mol. The largest absolute Gasteiger partial charge is 0.500 e. The molecule has 13 nitrogen and oxygen atoms in total. The summed E-state index contributed by atoms with van der Waals surface area (Å²) in [7, 11) is -2.43. The molecule has 3 amide bonds. The molecule has 1 atom stereocenters. The van der Waals surface area contributed by atoms with Gasteiger partial charge in [-0.3, -0.25) is 14.1 Å². The second kappa shape index (κ2) is 17.1. The molecule has 0 bridgehead atoms. The van der Waals surface area contributed by atoms with E-state index in [0.29, 0.717) is 30.5 Å². The van der Waals surface area contributed by atoms with Crippen LogP contribution >= 0.6 is 11.8 Å². The number of rotatable bonds is 18. The fourth-order valence-electron chi connectivity index (χ4n) is 2.36. The van der Waals surface area contributed by atoms with Crippen molar-refractivity contribution >= 4 is 48.6 Å². The van der Waals surface area contributed by atoms with Crippen molar-refractivity contribution in [3.8, 4) is 0 Å². The Morgan fingerprint density at radius 3 is 2.15 bits per heavy atom. The van der Waals surface area contributed by atoms with Gasteiger partial charge in [0.15, 0.2) is 0 Å². The van der Waals surface area contributed by atoms with Crippen molar-refractivity contribution in [2.24, 2.45) is 5.92 Å². The summed E-state index contributed by atoms with van der Waals surface area (Å²) in [6, 6.07) is 0.212. The van der Waals surface area contributed by atoms with Gasteiger partial charge in [-0.05, 0) is 6.42 Å². The molecular formula is C17H35N3O10S2Si. The number of nitrogens with one attached hydrogen (secondary N) is 3. The maximum absolute atomic E-state index is 11.8. The molecule has 0 aliphatic heterocycles. The summed E-state index contributed by atoms with van der Waals surface area (Å²) in [6.45, 7) is 2.50. The number of ether oxygens (including phenoxy) is 1. The molecule has 0 fully saturated rings. The van der Waals surface area contributed by atoms with E-state index in [4.69, 9.17) is 17.8 Å². The molecule has 0 aliphatic carbocycles. The van der Waals surface area contributed by atoms with E-state index in [1.165, 1.54) is 33.1 Å². The van der Waals surface area contributed by atoms with Gasteiger partial charge in [0.25, 0.3) is 0 Å². The van der Waals surface area contributed by atoms with Gasteiger partial charge in [-0.2, -0.15) is 20.2 Å². The summed E-state index contributed by atoms with van der Waals surface area (Å²) in [5.74, 6) is -1.82. The molecular weight excluding hydrogens is 498 g/mol. The zero-order chi connectivity index (χ0) is 25.3. The van der Waals surface area contributed by atoms with Crippen LogP contribution in [0.2, 0.25) is 6.04 Å². The Morgan fingerprint density at radius 2 is 1.58 bits per heavy atom. The topological polar surface area (TPSA) is 179 Å². The van der Waals surface area contributed by atoms with Gasteiger partial charge in [-0.25, -0.2) is 4.79 Å². The molecule has 33 heavy (non-hydrogen) atoms. The van der Waals surface area contributed by atoms with E-state index in [0.717, 1.165) is 0 Å². The van der Waals surface area contributed by atoms with Gasteiger partial charge >= 0.3 is 30.9 Å². The lowest BCUT2D eigenvalue weighted by molar-refractivity contribution is -0.145. The Morgan fingerprint density at radius 1 is 1.00 bits per heavy atom. The second-order valence-electron chi connectivity index (χ2n) is 6.82. The first-order valence-electron chi connectivity index (χ1n) is 10.1. The molecule has 0 aromatic carbocycles. The van der Waals surface area contributed by atoms with Crippen molar-refractivity contribution in [1.29, 1.82) is 0 Å². The molecule has 0 spiro atoms. The van der Waals surface area contributed by atoms with Crippen molar-refractivity contribution in [3.05, 3.63) is 0 Å². The second-order valence-corrected chi connectivity index (χ2v) is 12.5. The SMILES string of the molecule is CO[Si](CCCNC(=O)NCCNC(=O)CCSCC(C)C(=O)OCS(=O)(=O)O)(OC)OC. The minimum absolute atomic E-state index is 0.202. The van der Waals surface area contributed by atoms with Gasteiger partial charge < -0.3 is 34.0 Å². The fourth-order valence-corrected chi connectivity index (χ4v) is 5.33. The van der Waals surface area contributed by atoms with Crippen molar-refractivity contribution in [1.82, 2.24) is 16.0 Å². The van der Waals surface area contributed by atoms with Gasteiger partial charge in [0.05, 0.1) is 5.92 Å². The number of carbonyl (C=O) groups is 3. The standard InChI is InChI=1S/C17H35N3O10S2Si/c1-14(16(22)30-13-32(24,25)26)12-31-10-6-15(21)18-8-9-20-17(23)19-7-5-11-33(27-2,28-3)29-4/h14H,5-13H2,1-4H3,(H,18,21)(H2,19,20,23)(H,24,25,26). The van der Waals surface area contributed by atoms with Crippen LogP contribution in [-0.4, -0.2) is 98.1 Å². The van der Waals surface area contributed by atoms with Gasteiger partial charge in [-0.1, -0.05) is 6.92 Å². The number of amides is 3. The number of thioether (sulfide) groups is 1. The van der Waals surface area contributed by atoms with Crippen LogP contribution in [0.15, 0.2) is 0 Å². The van der Waals surface area contributed by atoms with Crippen molar-refractivity contribution in [2.75, 3.05) is 58.4 Å². The summed E-state index contributed by atoms with van der Waals surface area (Å²) in [4.78, 5) is 35.1. The van der Waals surface area contributed by atoms with Gasteiger partial charge in [0.1, 0.15) is 0 Å².